The number of hydrogen-bond acceptors (Lipinski definition) is 4. The van der Waals surface area contributed by atoms with Gasteiger partial charge < -0.3 is 9.47 Å². The fourth-order valence-corrected chi connectivity index (χ4v) is 3.26. The zero-order chi connectivity index (χ0) is 19.5. The normalized spacial score (nSPS) is 12.0. The second-order valence-corrected chi connectivity index (χ2v) is 7.49. The lowest BCUT2D eigenvalue weighted by atomic mass is 10.0. The molecule has 0 aromatic carbocycles. The molecular weight excluding hydrogens is 328 g/mol. The van der Waals surface area contributed by atoms with E-state index in [1.54, 1.807) is 0 Å². The smallest absolute Gasteiger partial charge is 0.308 e. The Morgan fingerprint density at radius 1 is 0.615 bits per heavy atom. The Hall–Kier alpha value is -1.06. The molecule has 1 atom stereocenters. The number of carbonyl (C=O) groups is 2. The Bertz CT molecular complexity index is 341. The van der Waals surface area contributed by atoms with E-state index in [1.165, 1.54) is 84.8 Å². The Balaban J connectivity index is 3.13. The molecule has 1 unspecified atom stereocenters. The van der Waals surface area contributed by atoms with Crippen molar-refractivity contribution < 1.29 is 19.1 Å². The Morgan fingerprint density at radius 2 is 1.00 bits per heavy atom. The summed E-state index contributed by atoms with van der Waals surface area (Å²) in [6.07, 6.45) is 19.3. The highest BCUT2D eigenvalue weighted by atomic mass is 16.5. The predicted octanol–water partition coefficient (Wildman–Crippen LogP) is 6.21. The van der Waals surface area contributed by atoms with Crippen molar-refractivity contribution in [2.75, 3.05) is 14.2 Å². The highest BCUT2D eigenvalue weighted by Crippen LogP contribution is 2.15. The standard InChI is InChI=1S/C22H42O4/c1-20(22(24)26-3)18-16-14-12-10-8-6-4-5-7-9-11-13-15-17-19-21(23)25-2/h20H,4-19H2,1-3H3. The maximum Gasteiger partial charge on any atom is 0.308 e. The molecule has 0 aromatic heterocycles. The summed E-state index contributed by atoms with van der Waals surface area (Å²) in [6.45, 7) is 1.95. The lowest BCUT2D eigenvalue weighted by Gasteiger charge is -2.08. The van der Waals surface area contributed by atoms with Crippen LogP contribution in [0.4, 0.5) is 0 Å². The fourth-order valence-electron chi connectivity index (χ4n) is 3.26. The summed E-state index contributed by atoms with van der Waals surface area (Å²) >= 11 is 0. The molecule has 0 N–H and O–H groups in total. The zero-order valence-corrected chi connectivity index (χ0v) is 17.5. The Labute approximate surface area is 161 Å². The first-order chi connectivity index (χ1) is 12.6. The van der Waals surface area contributed by atoms with Gasteiger partial charge in [-0.25, -0.2) is 0 Å². The van der Waals surface area contributed by atoms with Gasteiger partial charge >= 0.3 is 11.9 Å². The number of hydrogen-bond donors (Lipinski definition) is 0. The number of ether oxygens (including phenoxy) is 2. The van der Waals surface area contributed by atoms with Crippen molar-refractivity contribution in [3.63, 3.8) is 0 Å². The van der Waals surface area contributed by atoms with E-state index >= 15 is 0 Å². The third-order valence-electron chi connectivity index (χ3n) is 5.10. The van der Waals surface area contributed by atoms with Gasteiger partial charge in [0.05, 0.1) is 20.1 Å². The topological polar surface area (TPSA) is 52.6 Å². The van der Waals surface area contributed by atoms with Crippen LogP contribution in [0.25, 0.3) is 0 Å². The molecule has 0 aromatic rings. The molecule has 0 aliphatic heterocycles. The van der Waals surface area contributed by atoms with Crippen molar-refractivity contribution >= 4 is 11.9 Å². The molecule has 4 heteroatoms. The van der Waals surface area contributed by atoms with Crippen LogP contribution in [0.3, 0.4) is 0 Å². The van der Waals surface area contributed by atoms with Crippen molar-refractivity contribution in [3.05, 3.63) is 0 Å². The van der Waals surface area contributed by atoms with E-state index in [-0.39, 0.29) is 17.9 Å². The van der Waals surface area contributed by atoms with Crippen LogP contribution in [-0.2, 0) is 19.1 Å². The van der Waals surface area contributed by atoms with E-state index in [0.717, 1.165) is 25.7 Å². The van der Waals surface area contributed by atoms with E-state index in [2.05, 4.69) is 4.74 Å². The largest absolute Gasteiger partial charge is 0.469 e. The van der Waals surface area contributed by atoms with Gasteiger partial charge in [-0.1, -0.05) is 90.4 Å². The number of carbonyl (C=O) groups excluding carboxylic acids is 2. The van der Waals surface area contributed by atoms with Crippen LogP contribution in [0.1, 0.15) is 110 Å². The predicted molar refractivity (Wildman–Crippen MR) is 107 cm³/mol. The average Bonchev–Trinajstić information content (AvgIpc) is 2.66. The first-order valence-corrected chi connectivity index (χ1v) is 10.8. The van der Waals surface area contributed by atoms with Gasteiger partial charge in [-0.05, 0) is 12.8 Å². The zero-order valence-electron chi connectivity index (χ0n) is 17.5. The van der Waals surface area contributed by atoms with Crippen LogP contribution in [0.5, 0.6) is 0 Å². The SMILES string of the molecule is COC(=O)CCCCCCCCCCCCCCCCC(C)C(=O)OC. The van der Waals surface area contributed by atoms with Crippen molar-refractivity contribution in [2.24, 2.45) is 5.92 Å². The number of methoxy groups -OCH3 is 2. The first kappa shape index (κ1) is 24.9. The van der Waals surface area contributed by atoms with Gasteiger partial charge in [0.2, 0.25) is 0 Å². The van der Waals surface area contributed by atoms with Gasteiger partial charge in [0, 0.05) is 6.42 Å². The molecule has 0 saturated carbocycles. The van der Waals surface area contributed by atoms with Crippen LogP contribution in [0, 0.1) is 5.92 Å². The summed E-state index contributed by atoms with van der Waals surface area (Å²) in [5.74, 6) is -0.111. The van der Waals surface area contributed by atoms with Crippen LogP contribution < -0.4 is 0 Å². The van der Waals surface area contributed by atoms with Gasteiger partial charge in [-0.15, -0.1) is 0 Å². The third kappa shape index (κ3) is 16.4. The van der Waals surface area contributed by atoms with Crippen molar-refractivity contribution in [3.8, 4) is 0 Å². The van der Waals surface area contributed by atoms with E-state index in [9.17, 15) is 9.59 Å². The summed E-state index contributed by atoms with van der Waals surface area (Å²) in [4.78, 5) is 22.3. The molecule has 0 spiro atoms. The Morgan fingerprint density at radius 3 is 1.38 bits per heavy atom. The quantitative estimate of drug-likeness (QED) is 0.212. The van der Waals surface area contributed by atoms with Crippen LogP contribution in [0.15, 0.2) is 0 Å². The summed E-state index contributed by atoms with van der Waals surface area (Å²) in [7, 11) is 2.92. The second-order valence-electron chi connectivity index (χ2n) is 7.49. The van der Waals surface area contributed by atoms with Gasteiger partial charge in [0.25, 0.3) is 0 Å². The second kappa shape index (κ2) is 18.7. The summed E-state index contributed by atoms with van der Waals surface area (Å²) < 4.78 is 9.38. The van der Waals surface area contributed by atoms with Gasteiger partial charge in [0.1, 0.15) is 0 Å². The highest BCUT2D eigenvalue weighted by Gasteiger charge is 2.11. The first-order valence-electron chi connectivity index (χ1n) is 10.8. The van der Waals surface area contributed by atoms with E-state index in [4.69, 9.17) is 4.74 Å². The number of esters is 2. The van der Waals surface area contributed by atoms with E-state index in [0.29, 0.717) is 6.42 Å². The molecule has 0 saturated heterocycles. The molecule has 0 radical (unpaired) electrons. The number of unbranched alkanes of at least 4 members (excludes halogenated alkanes) is 13. The van der Waals surface area contributed by atoms with E-state index in [1.807, 2.05) is 6.92 Å². The lowest BCUT2D eigenvalue weighted by Crippen LogP contribution is -2.12. The molecule has 0 aliphatic carbocycles. The van der Waals surface area contributed by atoms with Crippen molar-refractivity contribution in [1.82, 2.24) is 0 Å². The molecule has 0 bridgehead atoms. The average molecular weight is 371 g/mol. The molecule has 4 nitrogen and oxygen atoms in total. The minimum atomic E-state index is -0.0826. The molecule has 26 heavy (non-hydrogen) atoms. The molecule has 0 aliphatic rings. The lowest BCUT2D eigenvalue weighted by molar-refractivity contribution is -0.145. The third-order valence-corrected chi connectivity index (χ3v) is 5.10. The minimum Gasteiger partial charge on any atom is -0.469 e. The van der Waals surface area contributed by atoms with Crippen LogP contribution >= 0.6 is 0 Å². The van der Waals surface area contributed by atoms with Crippen LogP contribution in [-0.4, -0.2) is 26.2 Å². The van der Waals surface area contributed by atoms with Gasteiger partial charge in [-0.3, -0.25) is 9.59 Å². The molecule has 154 valence electrons. The van der Waals surface area contributed by atoms with Gasteiger partial charge in [0.15, 0.2) is 0 Å². The maximum absolute atomic E-state index is 11.3. The Kier molecular flexibility index (Phi) is 18.0. The van der Waals surface area contributed by atoms with Crippen LogP contribution in [0.2, 0.25) is 0 Å². The highest BCUT2D eigenvalue weighted by molar-refractivity contribution is 5.71. The number of rotatable bonds is 18. The van der Waals surface area contributed by atoms with Crippen molar-refractivity contribution in [2.45, 2.75) is 110 Å². The molecule has 0 amide bonds. The monoisotopic (exact) mass is 370 g/mol. The summed E-state index contributed by atoms with van der Waals surface area (Å²) in [5, 5.41) is 0. The molecule has 0 heterocycles. The maximum atomic E-state index is 11.3. The van der Waals surface area contributed by atoms with E-state index < -0.39 is 0 Å². The summed E-state index contributed by atoms with van der Waals surface area (Å²) in [5.41, 5.74) is 0. The van der Waals surface area contributed by atoms with Crippen molar-refractivity contribution in [1.29, 1.82) is 0 Å². The molecule has 0 fully saturated rings. The minimum absolute atomic E-state index is 0.0489. The summed E-state index contributed by atoms with van der Waals surface area (Å²) in [6, 6.07) is 0. The molecular formula is C22H42O4. The fraction of sp³-hybridized carbons (Fsp3) is 0.909. The molecule has 0 rings (SSSR count). The van der Waals surface area contributed by atoms with Gasteiger partial charge in [-0.2, -0.15) is 0 Å².